The first kappa shape index (κ1) is 26.0. The molecule has 35 heavy (non-hydrogen) atoms. The molecule has 1 atom stereocenters. The summed E-state index contributed by atoms with van der Waals surface area (Å²) in [4.78, 5) is 29.2. The van der Waals surface area contributed by atoms with Gasteiger partial charge in [-0.2, -0.15) is 23.5 Å². The fraction of sp³-hybridized carbons (Fsp3) is 0.478. The maximum absolute atomic E-state index is 13.5. The van der Waals surface area contributed by atoms with Crippen LogP contribution in [0.1, 0.15) is 22.5 Å². The maximum Gasteiger partial charge on any atom is 0.417 e. The third-order valence-electron chi connectivity index (χ3n) is 5.79. The van der Waals surface area contributed by atoms with Crippen LogP contribution in [0.5, 0.6) is 0 Å². The van der Waals surface area contributed by atoms with E-state index in [9.17, 15) is 22.8 Å². The van der Waals surface area contributed by atoms with E-state index < -0.39 is 29.3 Å². The molecular formula is C23H27F3N6O3. The molecule has 2 heterocycles. The van der Waals surface area contributed by atoms with E-state index in [0.717, 1.165) is 23.5 Å². The largest absolute Gasteiger partial charge is 0.417 e. The second-order valence-corrected chi connectivity index (χ2v) is 8.26. The van der Waals surface area contributed by atoms with Gasteiger partial charge in [-0.25, -0.2) is 0 Å². The Morgan fingerprint density at radius 1 is 1.26 bits per heavy atom. The molecule has 0 bridgehead atoms. The topological polar surface area (TPSA) is 103 Å². The summed E-state index contributed by atoms with van der Waals surface area (Å²) in [5, 5.41) is 16.1. The Hall–Kier alpha value is -3.59. The average molecular weight is 493 g/mol. The van der Waals surface area contributed by atoms with E-state index in [2.05, 4.69) is 10.4 Å². The maximum atomic E-state index is 13.5. The number of nitrogens with zero attached hydrogens (tertiary/aromatic N) is 5. The minimum atomic E-state index is -4.70. The summed E-state index contributed by atoms with van der Waals surface area (Å²) in [6.45, 7) is 4.40. The van der Waals surface area contributed by atoms with Gasteiger partial charge in [-0.05, 0) is 38.1 Å². The van der Waals surface area contributed by atoms with Gasteiger partial charge in [0, 0.05) is 44.7 Å². The SMILES string of the molecule is COCCNC(=O)C1CN(c2ccc(C#N)c(C(F)(F)F)c2)CCN1C(=O)Cn1nc(C)cc1C. The van der Waals surface area contributed by atoms with Gasteiger partial charge < -0.3 is 19.9 Å². The molecule has 1 aliphatic heterocycles. The number of carbonyl (C=O) groups is 2. The van der Waals surface area contributed by atoms with Crippen LogP contribution in [0, 0.1) is 25.2 Å². The van der Waals surface area contributed by atoms with Gasteiger partial charge in [0.2, 0.25) is 11.8 Å². The molecule has 2 amide bonds. The van der Waals surface area contributed by atoms with Crippen LogP contribution in [0.3, 0.4) is 0 Å². The zero-order valence-electron chi connectivity index (χ0n) is 19.7. The molecule has 12 heteroatoms. The molecular weight excluding hydrogens is 465 g/mol. The van der Waals surface area contributed by atoms with Crippen molar-refractivity contribution >= 4 is 17.5 Å². The lowest BCUT2D eigenvalue weighted by Crippen LogP contribution is -2.61. The van der Waals surface area contributed by atoms with E-state index in [0.29, 0.717) is 0 Å². The summed E-state index contributed by atoms with van der Waals surface area (Å²) in [6, 6.07) is 5.91. The lowest BCUT2D eigenvalue weighted by Gasteiger charge is -2.41. The van der Waals surface area contributed by atoms with Gasteiger partial charge >= 0.3 is 6.18 Å². The van der Waals surface area contributed by atoms with Crippen molar-refractivity contribution in [1.82, 2.24) is 20.0 Å². The van der Waals surface area contributed by atoms with Crippen LogP contribution >= 0.6 is 0 Å². The number of ether oxygens (including phenoxy) is 1. The van der Waals surface area contributed by atoms with Gasteiger partial charge in [0.15, 0.2) is 0 Å². The van der Waals surface area contributed by atoms with Crippen molar-refractivity contribution in [2.24, 2.45) is 0 Å². The van der Waals surface area contributed by atoms with Gasteiger partial charge in [0.25, 0.3) is 0 Å². The smallest absolute Gasteiger partial charge is 0.383 e. The standard InChI is InChI=1S/C23H27F3N6O3/c1-15-10-16(2)32(29-15)14-21(33)31-8-7-30(13-20(31)22(34)28-6-9-35-3)18-5-4-17(12-27)19(11-18)23(24,25)26/h4-5,10-11,20H,6-9,13-14H2,1-3H3,(H,28,34). The quantitative estimate of drug-likeness (QED) is 0.592. The summed E-state index contributed by atoms with van der Waals surface area (Å²) in [5.74, 6) is -0.753. The highest BCUT2D eigenvalue weighted by Crippen LogP contribution is 2.35. The summed E-state index contributed by atoms with van der Waals surface area (Å²) >= 11 is 0. The zero-order valence-corrected chi connectivity index (χ0v) is 19.7. The minimum Gasteiger partial charge on any atom is -0.383 e. The van der Waals surface area contributed by atoms with E-state index in [-0.39, 0.29) is 50.9 Å². The molecule has 1 unspecified atom stereocenters. The average Bonchev–Trinajstić information content (AvgIpc) is 3.13. The molecule has 9 nitrogen and oxygen atoms in total. The lowest BCUT2D eigenvalue weighted by molar-refractivity contribution is -0.141. The second-order valence-electron chi connectivity index (χ2n) is 8.26. The fourth-order valence-corrected chi connectivity index (χ4v) is 4.05. The molecule has 3 rings (SSSR count). The Morgan fingerprint density at radius 2 is 2.00 bits per heavy atom. The van der Waals surface area contributed by atoms with Crippen LogP contribution in [0.15, 0.2) is 24.3 Å². The molecule has 0 spiro atoms. The third-order valence-corrected chi connectivity index (χ3v) is 5.79. The Bertz CT molecular complexity index is 1120. The number of methoxy groups -OCH3 is 1. The number of hydrogen-bond acceptors (Lipinski definition) is 6. The van der Waals surface area contributed by atoms with Gasteiger partial charge in [-0.1, -0.05) is 0 Å². The van der Waals surface area contributed by atoms with Gasteiger partial charge in [0.1, 0.15) is 12.6 Å². The van der Waals surface area contributed by atoms with Crippen LogP contribution in [0.25, 0.3) is 0 Å². The molecule has 1 saturated heterocycles. The van der Waals surface area contributed by atoms with E-state index >= 15 is 0 Å². The van der Waals surface area contributed by atoms with Crippen molar-refractivity contribution in [3.8, 4) is 6.07 Å². The van der Waals surface area contributed by atoms with Crippen LogP contribution in [-0.2, 0) is 27.0 Å². The molecule has 1 N–H and O–H groups in total. The number of amides is 2. The van der Waals surface area contributed by atoms with Crippen molar-refractivity contribution in [3.63, 3.8) is 0 Å². The molecule has 1 fully saturated rings. The molecule has 2 aromatic rings. The van der Waals surface area contributed by atoms with Crippen molar-refractivity contribution in [1.29, 1.82) is 5.26 Å². The molecule has 1 aromatic carbocycles. The predicted molar refractivity (Wildman–Crippen MR) is 120 cm³/mol. The number of hydrogen-bond donors (Lipinski definition) is 1. The van der Waals surface area contributed by atoms with E-state index in [1.165, 1.54) is 18.1 Å². The van der Waals surface area contributed by atoms with E-state index in [4.69, 9.17) is 10.00 Å². The molecule has 1 aliphatic rings. The highest BCUT2D eigenvalue weighted by Gasteiger charge is 2.38. The third kappa shape index (κ3) is 6.10. The Labute approximate surface area is 201 Å². The Balaban J connectivity index is 1.85. The summed E-state index contributed by atoms with van der Waals surface area (Å²) in [5.41, 5.74) is 0.259. The van der Waals surface area contributed by atoms with Crippen LogP contribution < -0.4 is 10.2 Å². The highest BCUT2D eigenvalue weighted by atomic mass is 19.4. The first-order chi connectivity index (χ1) is 16.5. The predicted octanol–water partition coefficient (Wildman–Crippen LogP) is 1.87. The van der Waals surface area contributed by atoms with Gasteiger partial charge in [0.05, 0.1) is 29.5 Å². The van der Waals surface area contributed by atoms with Crippen LogP contribution in [0.2, 0.25) is 0 Å². The second kappa shape index (κ2) is 10.8. The summed E-state index contributed by atoms with van der Waals surface area (Å²) in [6.07, 6.45) is -4.70. The summed E-state index contributed by atoms with van der Waals surface area (Å²) in [7, 11) is 1.49. The number of nitrogens with one attached hydrogen (secondary N) is 1. The number of nitriles is 1. The molecule has 0 radical (unpaired) electrons. The number of halogens is 3. The normalized spacial score (nSPS) is 16.2. The summed E-state index contributed by atoms with van der Waals surface area (Å²) < 4.78 is 46.9. The zero-order chi connectivity index (χ0) is 25.8. The number of anilines is 1. The van der Waals surface area contributed by atoms with Crippen molar-refractivity contribution in [2.75, 3.05) is 44.8 Å². The first-order valence-electron chi connectivity index (χ1n) is 11.0. The van der Waals surface area contributed by atoms with Crippen LogP contribution in [0.4, 0.5) is 18.9 Å². The van der Waals surface area contributed by atoms with E-state index in [1.807, 2.05) is 19.9 Å². The van der Waals surface area contributed by atoms with E-state index in [1.54, 1.807) is 15.7 Å². The number of aromatic nitrogens is 2. The molecule has 0 saturated carbocycles. The van der Waals surface area contributed by atoms with Crippen molar-refractivity contribution in [3.05, 3.63) is 46.8 Å². The fourth-order valence-electron chi connectivity index (χ4n) is 4.05. The van der Waals surface area contributed by atoms with Crippen molar-refractivity contribution in [2.45, 2.75) is 32.6 Å². The Morgan fingerprint density at radius 3 is 2.60 bits per heavy atom. The number of rotatable bonds is 7. The highest BCUT2D eigenvalue weighted by molar-refractivity contribution is 5.88. The number of piperazine rings is 1. The Kier molecular flexibility index (Phi) is 8.01. The van der Waals surface area contributed by atoms with Crippen molar-refractivity contribution < 1.29 is 27.5 Å². The van der Waals surface area contributed by atoms with Gasteiger partial charge in [-0.15, -0.1) is 0 Å². The molecule has 1 aromatic heterocycles. The van der Waals surface area contributed by atoms with Crippen LogP contribution in [-0.4, -0.2) is 72.4 Å². The number of alkyl halides is 3. The molecule has 188 valence electrons. The minimum absolute atomic E-state index is 0.00906. The first-order valence-corrected chi connectivity index (χ1v) is 11.0. The number of carbonyl (C=O) groups excluding carboxylic acids is 2. The van der Waals surface area contributed by atoms with Gasteiger partial charge in [-0.3, -0.25) is 14.3 Å². The molecule has 0 aliphatic carbocycles. The number of benzene rings is 1. The number of aryl methyl sites for hydroxylation is 2. The monoisotopic (exact) mass is 492 g/mol. The lowest BCUT2D eigenvalue weighted by atomic mass is 10.0.